The number of nitrogens with zero attached hydrogens (tertiary/aromatic N) is 1. The topological polar surface area (TPSA) is 58.6 Å². The fourth-order valence-electron chi connectivity index (χ4n) is 4.04. The summed E-state index contributed by atoms with van der Waals surface area (Å²) < 4.78 is 5.40. The maximum Gasteiger partial charge on any atom is 0.243 e. The van der Waals surface area contributed by atoms with Crippen LogP contribution in [0.5, 0.6) is 5.75 Å². The number of benzene rings is 3. The first-order valence-corrected chi connectivity index (χ1v) is 12.2. The van der Waals surface area contributed by atoms with Crippen molar-refractivity contribution in [2.24, 2.45) is 0 Å². The Morgan fingerprint density at radius 3 is 2.31 bits per heavy atom. The minimum atomic E-state index is -0.644. The summed E-state index contributed by atoms with van der Waals surface area (Å²) >= 11 is 0. The Morgan fingerprint density at radius 2 is 1.63 bits per heavy atom. The van der Waals surface area contributed by atoms with E-state index in [1.54, 1.807) is 12.0 Å². The molecule has 35 heavy (non-hydrogen) atoms. The largest absolute Gasteiger partial charge is 0.497 e. The van der Waals surface area contributed by atoms with Gasteiger partial charge in [0.05, 0.1) is 13.5 Å². The van der Waals surface area contributed by atoms with E-state index in [0.717, 1.165) is 34.4 Å². The van der Waals surface area contributed by atoms with Gasteiger partial charge in [0.1, 0.15) is 11.8 Å². The Hall–Kier alpha value is -3.60. The van der Waals surface area contributed by atoms with Crippen molar-refractivity contribution in [2.75, 3.05) is 7.11 Å². The highest BCUT2D eigenvalue weighted by atomic mass is 16.5. The third-order valence-electron chi connectivity index (χ3n) is 6.36. The molecule has 2 atom stereocenters. The van der Waals surface area contributed by atoms with Crippen LogP contribution in [0.15, 0.2) is 78.9 Å². The number of carbonyl (C=O) groups is 2. The molecule has 0 aliphatic carbocycles. The first-order valence-electron chi connectivity index (χ1n) is 12.2. The fourth-order valence-corrected chi connectivity index (χ4v) is 4.04. The second-order valence-corrected chi connectivity index (χ2v) is 9.00. The van der Waals surface area contributed by atoms with Gasteiger partial charge in [-0.2, -0.15) is 0 Å². The van der Waals surface area contributed by atoms with Gasteiger partial charge in [-0.05, 0) is 54.7 Å². The van der Waals surface area contributed by atoms with Crippen molar-refractivity contribution in [2.45, 2.75) is 58.7 Å². The summed E-state index contributed by atoms with van der Waals surface area (Å²) in [5.41, 5.74) is 3.95. The van der Waals surface area contributed by atoms with Crippen molar-refractivity contribution in [3.8, 4) is 5.75 Å². The van der Waals surface area contributed by atoms with E-state index < -0.39 is 6.04 Å². The lowest BCUT2D eigenvalue weighted by Crippen LogP contribution is -2.52. The summed E-state index contributed by atoms with van der Waals surface area (Å²) in [4.78, 5) is 29.1. The predicted molar refractivity (Wildman–Crippen MR) is 140 cm³/mol. The van der Waals surface area contributed by atoms with Gasteiger partial charge in [-0.3, -0.25) is 9.59 Å². The summed E-state index contributed by atoms with van der Waals surface area (Å²) in [5, 5.41) is 3.11. The molecule has 3 aromatic carbocycles. The molecule has 1 N–H and O–H groups in total. The van der Waals surface area contributed by atoms with Crippen LogP contribution in [0.4, 0.5) is 0 Å². The van der Waals surface area contributed by atoms with Gasteiger partial charge in [0.2, 0.25) is 11.8 Å². The van der Waals surface area contributed by atoms with Gasteiger partial charge in [0.25, 0.3) is 0 Å². The molecule has 0 bridgehead atoms. The smallest absolute Gasteiger partial charge is 0.243 e. The molecule has 184 valence electrons. The zero-order valence-corrected chi connectivity index (χ0v) is 21.2. The van der Waals surface area contributed by atoms with Gasteiger partial charge in [0, 0.05) is 19.0 Å². The molecule has 0 aliphatic rings. The van der Waals surface area contributed by atoms with Gasteiger partial charge in [-0.25, -0.2) is 0 Å². The molecule has 3 aromatic rings. The van der Waals surface area contributed by atoms with E-state index in [1.165, 1.54) is 0 Å². The van der Waals surface area contributed by atoms with E-state index >= 15 is 0 Å². The third kappa shape index (κ3) is 7.44. The van der Waals surface area contributed by atoms with Gasteiger partial charge in [-0.15, -0.1) is 0 Å². The zero-order valence-electron chi connectivity index (χ0n) is 21.2. The highest BCUT2D eigenvalue weighted by Gasteiger charge is 2.31. The Labute approximate surface area is 209 Å². The average molecular weight is 473 g/mol. The van der Waals surface area contributed by atoms with Crippen LogP contribution < -0.4 is 10.1 Å². The molecule has 5 heteroatoms. The third-order valence-corrected chi connectivity index (χ3v) is 6.36. The van der Waals surface area contributed by atoms with Crippen LogP contribution in [0.2, 0.25) is 0 Å². The Kier molecular flexibility index (Phi) is 9.47. The number of hydrogen-bond acceptors (Lipinski definition) is 3. The van der Waals surface area contributed by atoms with Gasteiger partial charge >= 0.3 is 0 Å². The Bertz CT molecular complexity index is 1110. The maximum absolute atomic E-state index is 13.8. The van der Waals surface area contributed by atoms with Crippen LogP contribution in [0.3, 0.4) is 0 Å². The molecule has 0 spiro atoms. The SMILES string of the molecule is CCC(C)NC(=O)C(Cc1ccccc1)N(Cc1cccc(OC)c1)C(=O)Cc1ccccc1C. The van der Waals surface area contributed by atoms with E-state index in [-0.39, 0.29) is 24.3 Å². The lowest BCUT2D eigenvalue weighted by atomic mass is 10.00. The Morgan fingerprint density at radius 1 is 0.943 bits per heavy atom. The first kappa shape index (κ1) is 26.0. The molecule has 0 aliphatic heterocycles. The standard InChI is InChI=1S/C30H36N2O3/c1-5-23(3)31-30(34)28(19-24-13-7-6-8-14-24)32(21-25-15-11-17-27(18-25)35-4)29(33)20-26-16-10-9-12-22(26)2/h6-18,23,28H,5,19-21H2,1-4H3,(H,31,34). The van der Waals surface area contributed by atoms with Crippen LogP contribution in [-0.2, 0) is 29.0 Å². The Balaban J connectivity index is 1.99. The quantitative estimate of drug-likeness (QED) is 0.422. The minimum Gasteiger partial charge on any atom is -0.497 e. The normalized spacial score (nSPS) is 12.5. The highest BCUT2D eigenvalue weighted by Crippen LogP contribution is 2.20. The second kappa shape index (κ2) is 12.7. The molecular weight excluding hydrogens is 436 g/mol. The number of aryl methyl sites for hydroxylation is 1. The number of carbonyl (C=O) groups excluding carboxylic acids is 2. The number of rotatable bonds is 11. The van der Waals surface area contributed by atoms with E-state index in [9.17, 15) is 9.59 Å². The van der Waals surface area contributed by atoms with E-state index in [1.807, 2.05) is 99.6 Å². The number of nitrogens with one attached hydrogen (secondary N) is 1. The van der Waals surface area contributed by atoms with Crippen LogP contribution in [-0.4, -0.2) is 35.9 Å². The summed E-state index contributed by atoms with van der Waals surface area (Å²) in [6.45, 7) is 6.34. The minimum absolute atomic E-state index is 0.0194. The first-order chi connectivity index (χ1) is 16.9. The van der Waals surface area contributed by atoms with Crippen molar-refractivity contribution in [1.29, 1.82) is 0 Å². The van der Waals surface area contributed by atoms with Crippen LogP contribution >= 0.6 is 0 Å². The van der Waals surface area contributed by atoms with Crippen molar-refractivity contribution in [3.05, 3.63) is 101 Å². The fraction of sp³-hybridized carbons (Fsp3) is 0.333. The predicted octanol–water partition coefficient (Wildman–Crippen LogP) is 5.10. The van der Waals surface area contributed by atoms with E-state index in [2.05, 4.69) is 5.32 Å². The number of ether oxygens (including phenoxy) is 1. The van der Waals surface area contributed by atoms with E-state index in [0.29, 0.717) is 13.0 Å². The zero-order chi connectivity index (χ0) is 25.2. The molecule has 0 radical (unpaired) electrons. The van der Waals surface area contributed by atoms with Crippen molar-refractivity contribution in [1.82, 2.24) is 10.2 Å². The summed E-state index contributed by atoms with van der Waals surface area (Å²) in [6, 6.07) is 24.8. The summed E-state index contributed by atoms with van der Waals surface area (Å²) in [7, 11) is 1.62. The van der Waals surface area contributed by atoms with Crippen LogP contribution in [0.1, 0.15) is 42.5 Å². The lowest BCUT2D eigenvalue weighted by Gasteiger charge is -2.32. The molecule has 0 saturated carbocycles. The van der Waals surface area contributed by atoms with Crippen LogP contribution in [0, 0.1) is 6.92 Å². The average Bonchev–Trinajstić information content (AvgIpc) is 2.88. The van der Waals surface area contributed by atoms with Crippen LogP contribution in [0.25, 0.3) is 0 Å². The molecular formula is C30H36N2O3. The molecule has 0 saturated heterocycles. The monoisotopic (exact) mass is 472 g/mol. The number of methoxy groups -OCH3 is 1. The molecule has 0 heterocycles. The number of amides is 2. The highest BCUT2D eigenvalue weighted by molar-refractivity contribution is 5.89. The molecule has 3 rings (SSSR count). The molecule has 5 nitrogen and oxygen atoms in total. The molecule has 0 aromatic heterocycles. The molecule has 2 unspecified atom stereocenters. The number of hydrogen-bond donors (Lipinski definition) is 1. The van der Waals surface area contributed by atoms with Crippen molar-refractivity contribution >= 4 is 11.8 Å². The van der Waals surface area contributed by atoms with Crippen molar-refractivity contribution in [3.63, 3.8) is 0 Å². The van der Waals surface area contributed by atoms with E-state index in [4.69, 9.17) is 4.74 Å². The summed E-state index contributed by atoms with van der Waals surface area (Å²) in [5.74, 6) is 0.504. The van der Waals surface area contributed by atoms with Crippen molar-refractivity contribution < 1.29 is 14.3 Å². The van der Waals surface area contributed by atoms with Gasteiger partial charge < -0.3 is 15.0 Å². The second-order valence-electron chi connectivity index (χ2n) is 9.00. The lowest BCUT2D eigenvalue weighted by molar-refractivity contribution is -0.141. The van der Waals surface area contributed by atoms with Gasteiger partial charge in [0.15, 0.2) is 0 Å². The van der Waals surface area contributed by atoms with Gasteiger partial charge in [-0.1, -0.05) is 73.7 Å². The molecule has 0 fully saturated rings. The molecule has 2 amide bonds. The summed E-state index contributed by atoms with van der Waals surface area (Å²) in [6.07, 6.45) is 1.49. The maximum atomic E-state index is 13.8.